The summed E-state index contributed by atoms with van der Waals surface area (Å²) < 4.78 is 17.0. The van der Waals surface area contributed by atoms with Crippen LogP contribution in [-0.2, 0) is 6.61 Å². The minimum absolute atomic E-state index is 0.0849. The molecule has 0 radical (unpaired) electrons. The maximum atomic E-state index is 10.8. The minimum Gasteiger partial charge on any atom is -0.507 e. The quantitative estimate of drug-likeness (QED) is 0.452. The number of rotatable bonds is 10. The highest BCUT2D eigenvalue weighted by atomic mass is 16.5. The maximum absolute atomic E-state index is 10.8. The Labute approximate surface area is 183 Å². The molecule has 162 valence electrons. The van der Waals surface area contributed by atoms with Crippen LogP contribution in [0.25, 0.3) is 6.08 Å². The average molecular weight is 421 g/mol. The van der Waals surface area contributed by atoms with Gasteiger partial charge in [0.25, 0.3) is 0 Å². The molecular formula is C26H28O5. The number of aromatic hydroxyl groups is 1. The minimum atomic E-state index is -0.924. The summed E-state index contributed by atoms with van der Waals surface area (Å²) in [6.45, 7) is 5.24. The van der Waals surface area contributed by atoms with Crippen molar-refractivity contribution in [3.05, 3.63) is 89.5 Å². The van der Waals surface area contributed by atoms with E-state index in [1.165, 1.54) is 0 Å². The Morgan fingerprint density at radius 1 is 0.839 bits per heavy atom. The zero-order valence-corrected chi connectivity index (χ0v) is 17.8. The average Bonchev–Trinajstić information content (AvgIpc) is 2.78. The third-order valence-corrected chi connectivity index (χ3v) is 4.62. The first kappa shape index (κ1) is 22.2. The van der Waals surface area contributed by atoms with E-state index in [-0.39, 0.29) is 5.75 Å². The Morgan fingerprint density at radius 2 is 1.52 bits per heavy atom. The van der Waals surface area contributed by atoms with Crippen LogP contribution >= 0.6 is 0 Å². The molecule has 3 aromatic rings. The van der Waals surface area contributed by atoms with Crippen molar-refractivity contribution in [3.63, 3.8) is 0 Å². The second-order valence-corrected chi connectivity index (χ2v) is 6.86. The van der Waals surface area contributed by atoms with Crippen molar-refractivity contribution in [1.29, 1.82) is 0 Å². The normalized spacial score (nSPS) is 12.0. The van der Waals surface area contributed by atoms with Gasteiger partial charge in [0.05, 0.1) is 13.2 Å². The largest absolute Gasteiger partial charge is 0.507 e. The smallest absolute Gasteiger partial charge is 0.129 e. The number of aliphatic hydroxyl groups excluding tert-OH is 1. The molecule has 2 N–H and O–H groups in total. The fourth-order valence-electron chi connectivity index (χ4n) is 3.10. The molecule has 0 spiro atoms. The van der Waals surface area contributed by atoms with Gasteiger partial charge in [0.1, 0.15) is 35.7 Å². The molecule has 0 saturated heterocycles. The Balaban J connectivity index is 1.80. The van der Waals surface area contributed by atoms with Crippen molar-refractivity contribution < 1.29 is 24.4 Å². The van der Waals surface area contributed by atoms with Gasteiger partial charge in [-0.1, -0.05) is 42.5 Å². The molecule has 0 heterocycles. The number of hydrogen-bond acceptors (Lipinski definition) is 5. The number of hydrogen-bond donors (Lipinski definition) is 2. The highest BCUT2D eigenvalue weighted by molar-refractivity contribution is 5.59. The van der Waals surface area contributed by atoms with Crippen molar-refractivity contribution in [1.82, 2.24) is 0 Å². The highest BCUT2D eigenvalue weighted by Crippen LogP contribution is 2.32. The van der Waals surface area contributed by atoms with E-state index < -0.39 is 6.10 Å². The van der Waals surface area contributed by atoms with Gasteiger partial charge in [0.2, 0.25) is 0 Å². The van der Waals surface area contributed by atoms with Gasteiger partial charge >= 0.3 is 0 Å². The fourth-order valence-corrected chi connectivity index (χ4v) is 3.10. The zero-order valence-electron chi connectivity index (χ0n) is 17.8. The van der Waals surface area contributed by atoms with Crippen LogP contribution in [0.4, 0.5) is 0 Å². The van der Waals surface area contributed by atoms with E-state index in [0.29, 0.717) is 48.2 Å². The van der Waals surface area contributed by atoms with Gasteiger partial charge in [0.15, 0.2) is 0 Å². The standard InChI is InChI=1S/C26H28O5/c1-3-29-21-12-10-20(25(28)16-21)11-15-24(27)23-14-13-22(30-4-2)17-26(23)31-18-19-8-6-5-7-9-19/h5-17,24,27-28H,3-4,18H2,1-2H3. The molecule has 5 heteroatoms. The molecule has 0 fully saturated rings. The fraction of sp³-hybridized carbons (Fsp3) is 0.231. The van der Waals surface area contributed by atoms with Crippen molar-refractivity contribution >= 4 is 6.08 Å². The summed E-state index contributed by atoms with van der Waals surface area (Å²) in [6, 6.07) is 20.3. The summed E-state index contributed by atoms with van der Waals surface area (Å²) in [7, 11) is 0. The van der Waals surface area contributed by atoms with E-state index in [0.717, 1.165) is 5.56 Å². The molecule has 0 aliphatic rings. The van der Waals surface area contributed by atoms with Gasteiger partial charge in [-0.3, -0.25) is 0 Å². The summed E-state index contributed by atoms with van der Waals surface area (Å²) in [5, 5.41) is 21.0. The summed E-state index contributed by atoms with van der Waals surface area (Å²) >= 11 is 0. The molecule has 0 amide bonds. The lowest BCUT2D eigenvalue weighted by atomic mass is 10.1. The van der Waals surface area contributed by atoms with Gasteiger partial charge in [-0.25, -0.2) is 0 Å². The maximum Gasteiger partial charge on any atom is 0.129 e. The summed E-state index contributed by atoms with van der Waals surface area (Å²) in [5.74, 6) is 1.90. The second-order valence-electron chi connectivity index (χ2n) is 6.86. The van der Waals surface area contributed by atoms with Crippen LogP contribution in [0.5, 0.6) is 23.0 Å². The van der Waals surface area contributed by atoms with Crippen LogP contribution in [0.2, 0.25) is 0 Å². The molecule has 1 unspecified atom stereocenters. The van der Waals surface area contributed by atoms with Gasteiger partial charge in [-0.05, 0) is 43.7 Å². The lowest BCUT2D eigenvalue weighted by Gasteiger charge is -2.16. The zero-order chi connectivity index (χ0) is 22.1. The van der Waals surface area contributed by atoms with E-state index in [1.54, 1.807) is 48.6 Å². The molecular weight excluding hydrogens is 392 g/mol. The Morgan fingerprint density at radius 3 is 2.19 bits per heavy atom. The molecule has 5 nitrogen and oxygen atoms in total. The number of benzene rings is 3. The van der Waals surface area contributed by atoms with Crippen LogP contribution < -0.4 is 14.2 Å². The van der Waals surface area contributed by atoms with E-state index in [4.69, 9.17) is 14.2 Å². The van der Waals surface area contributed by atoms with Crippen LogP contribution in [0.15, 0.2) is 72.8 Å². The predicted molar refractivity (Wildman–Crippen MR) is 122 cm³/mol. The number of phenolic OH excluding ortho intramolecular Hbond substituents is 1. The first-order valence-corrected chi connectivity index (χ1v) is 10.4. The second kappa shape index (κ2) is 11.1. The van der Waals surface area contributed by atoms with Crippen LogP contribution in [-0.4, -0.2) is 23.4 Å². The Hall–Kier alpha value is -3.44. The lowest BCUT2D eigenvalue weighted by Crippen LogP contribution is -2.03. The third kappa shape index (κ3) is 6.27. The predicted octanol–water partition coefficient (Wildman–Crippen LogP) is 5.52. The van der Waals surface area contributed by atoms with Crippen molar-refractivity contribution in [3.8, 4) is 23.0 Å². The molecule has 1 atom stereocenters. The first-order valence-electron chi connectivity index (χ1n) is 10.4. The van der Waals surface area contributed by atoms with Crippen molar-refractivity contribution in [2.75, 3.05) is 13.2 Å². The topological polar surface area (TPSA) is 68.2 Å². The molecule has 3 rings (SSSR count). The van der Waals surface area contributed by atoms with Gasteiger partial charge in [-0.15, -0.1) is 0 Å². The molecule has 0 bridgehead atoms. The Bertz CT molecular complexity index is 998. The summed E-state index contributed by atoms with van der Waals surface area (Å²) in [4.78, 5) is 0. The van der Waals surface area contributed by atoms with Crippen molar-refractivity contribution in [2.24, 2.45) is 0 Å². The van der Waals surface area contributed by atoms with Crippen LogP contribution in [0.3, 0.4) is 0 Å². The monoisotopic (exact) mass is 420 g/mol. The highest BCUT2D eigenvalue weighted by Gasteiger charge is 2.13. The van der Waals surface area contributed by atoms with E-state index in [2.05, 4.69) is 0 Å². The van der Waals surface area contributed by atoms with E-state index in [9.17, 15) is 10.2 Å². The van der Waals surface area contributed by atoms with Crippen molar-refractivity contribution in [2.45, 2.75) is 26.6 Å². The SMILES string of the molecule is CCOc1ccc(C=CC(O)c2ccc(OCC)cc2OCc2ccccc2)c(O)c1. The van der Waals surface area contributed by atoms with Crippen LogP contribution in [0, 0.1) is 0 Å². The lowest BCUT2D eigenvalue weighted by molar-refractivity contribution is 0.216. The van der Waals surface area contributed by atoms with Crippen LogP contribution in [0.1, 0.15) is 36.6 Å². The van der Waals surface area contributed by atoms with E-state index >= 15 is 0 Å². The number of ether oxygens (including phenoxy) is 3. The Kier molecular flexibility index (Phi) is 7.96. The first-order chi connectivity index (χ1) is 15.1. The van der Waals surface area contributed by atoms with Gasteiger partial charge in [-0.2, -0.15) is 0 Å². The summed E-state index contributed by atoms with van der Waals surface area (Å²) in [6.07, 6.45) is 2.36. The number of phenols is 1. The summed E-state index contributed by atoms with van der Waals surface area (Å²) in [5.41, 5.74) is 2.22. The third-order valence-electron chi connectivity index (χ3n) is 4.62. The van der Waals surface area contributed by atoms with Gasteiger partial charge in [0, 0.05) is 23.3 Å². The molecule has 0 aromatic heterocycles. The molecule has 0 saturated carbocycles. The molecule has 3 aromatic carbocycles. The van der Waals surface area contributed by atoms with Gasteiger partial charge < -0.3 is 24.4 Å². The van der Waals surface area contributed by atoms with E-state index in [1.807, 2.05) is 44.2 Å². The molecule has 31 heavy (non-hydrogen) atoms. The number of aliphatic hydroxyl groups is 1. The molecule has 0 aliphatic heterocycles. The molecule has 0 aliphatic carbocycles.